The van der Waals surface area contributed by atoms with Gasteiger partial charge >= 0.3 is 0 Å². The average Bonchev–Trinajstić information content (AvgIpc) is 2.37. The summed E-state index contributed by atoms with van der Waals surface area (Å²) in [5, 5.41) is 10.4. The number of hydrogen-bond donors (Lipinski definition) is 1. The predicted molar refractivity (Wildman–Crippen MR) is 77.8 cm³/mol. The Morgan fingerprint density at radius 2 is 1.85 bits per heavy atom. The molecule has 2 nitrogen and oxygen atoms in total. The van der Waals surface area contributed by atoms with E-state index in [0.29, 0.717) is 21.4 Å². The van der Waals surface area contributed by atoms with Gasteiger partial charge in [0.1, 0.15) is 18.2 Å². The van der Waals surface area contributed by atoms with E-state index < -0.39 is 11.9 Å². The van der Waals surface area contributed by atoms with Gasteiger partial charge in [-0.1, -0.05) is 29.3 Å². The molecular weight excluding hydrogens is 302 g/mol. The van der Waals surface area contributed by atoms with Crippen LogP contribution in [-0.2, 0) is 6.61 Å². The van der Waals surface area contributed by atoms with Crippen LogP contribution in [0.3, 0.4) is 0 Å². The highest BCUT2D eigenvalue weighted by molar-refractivity contribution is 6.35. The van der Waals surface area contributed by atoms with Crippen LogP contribution in [-0.4, -0.2) is 5.11 Å². The lowest BCUT2D eigenvalue weighted by Gasteiger charge is -2.11. The zero-order valence-electron chi connectivity index (χ0n) is 10.7. The molecule has 5 heteroatoms. The van der Waals surface area contributed by atoms with Crippen molar-refractivity contribution in [2.45, 2.75) is 19.6 Å². The summed E-state index contributed by atoms with van der Waals surface area (Å²) in [6, 6.07) is 9.48. The van der Waals surface area contributed by atoms with Gasteiger partial charge in [-0.25, -0.2) is 4.39 Å². The van der Waals surface area contributed by atoms with Crippen LogP contribution in [0.25, 0.3) is 0 Å². The van der Waals surface area contributed by atoms with Crippen LogP contribution in [0.15, 0.2) is 36.4 Å². The van der Waals surface area contributed by atoms with E-state index in [2.05, 4.69) is 0 Å². The van der Waals surface area contributed by atoms with Gasteiger partial charge in [0.2, 0.25) is 0 Å². The molecule has 0 spiro atoms. The Hall–Kier alpha value is -1.29. The molecule has 20 heavy (non-hydrogen) atoms. The number of rotatable bonds is 4. The van der Waals surface area contributed by atoms with Gasteiger partial charge in [0.05, 0.1) is 6.10 Å². The molecule has 0 fully saturated rings. The van der Waals surface area contributed by atoms with Crippen molar-refractivity contribution in [1.82, 2.24) is 0 Å². The van der Waals surface area contributed by atoms with Crippen molar-refractivity contribution in [1.29, 1.82) is 0 Å². The molecule has 106 valence electrons. The van der Waals surface area contributed by atoms with Crippen LogP contribution in [0, 0.1) is 5.82 Å². The Labute approximate surface area is 126 Å². The van der Waals surface area contributed by atoms with Crippen LogP contribution >= 0.6 is 23.2 Å². The molecule has 1 unspecified atom stereocenters. The third kappa shape index (κ3) is 3.42. The lowest BCUT2D eigenvalue weighted by atomic mass is 10.1. The quantitative estimate of drug-likeness (QED) is 0.881. The summed E-state index contributed by atoms with van der Waals surface area (Å²) in [5.74, 6) is -0.161. The van der Waals surface area contributed by atoms with Crippen molar-refractivity contribution in [2.24, 2.45) is 0 Å². The Bertz CT molecular complexity index is 595. The summed E-state index contributed by atoms with van der Waals surface area (Å²) in [6.45, 7) is 1.65. The molecule has 2 rings (SSSR count). The van der Waals surface area contributed by atoms with E-state index in [-0.39, 0.29) is 12.2 Å². The molecule has 0 bridgehead atoms. The van der Waals surface area contributed by atoms with Crippen LogP contribution in [0.4, 0.5) is 4.39 Å². The minimum atomic E-state index is -0.859. The van der Waals surface area contributed by atoms with Gasteiger partial charge in [-0.15, -0.1) is 0 Å². The highest BCUT2D eigenvalue weighted by atomic mass is 35.5. The summed E-state index contributed by atoms with van der Waals surface area (Å²) in [4.78, 5) is 0. The molecule has 0 aliphatic rings. The fourth-order valence-electron chi connectivity index (χ4n) is 1.76. The van der Waals surface area contributed by atoms with E-state index in [1.807, 2.05) is 0 Å². The molecule has 0 aliphatic heterocycles. The fourth-order valence-corrected chi connectivity index (χ4v) is 2.27. The largest absolute Gasteiger partial charge is 0.489 e. The molecule has 2 aromatic carbocycles. The Morgan fingerprint density at radius 1 is 1.20 bits per heavy atom. The Balaban J connectivity index is 2.14. The second-order valence-corrected chi connectivity index (χ2v) is 5.16. The predicted octanol–water partition coefficient (Wildman–Crippen LogP) is 4.76. The molecular formula is C15H13Cl2FO2. The van der Waals surface area contributed by atoms with Gasteiger partial charge in [-0.2, -0.15) is 0 Å². The van der Waals surface area contributed by atoms with Gasteiger partial charge in [0, 0.05) is 27.2 Å². The number of aliphatic hydroxyl groups is 1. The maximum atomic E-state index is 13.7. The topological polar surface area (TPSA) is 29.5 Å². The standard InChI is InChI=1S/C15H13Cl2FO2/c1-9(19)11-6-5-10(7-15(11)18)20-8-12-13(16)3-2-4-14(12)17/h2-7,9,19H,8H2,1H3. The van der Waals surface area contributed by atoms with Gasteiger partial charge in [0.25, 0.3) is 0 Å². The summed E-state index contributed by atoms with van der Waals surface area (Å²) in [5.41, 5.74) is 0.879. The van der Waals surface area contributed by atoms with Crippen LogP contribution in [0.5, 0.6) is 5.75 Å². The molecule has 0 amide bonds. The smallest absolute Gasteiger partial charge is 0.132 e. The van der Waals surface area contributed by atoms with E-state index in [1.165, 1.54) is 19.1 Å². The van der Waals surface area contributed by atoms with Crippen LogP contribution < -0.4 is 4.74 Å². The first-order valence-electron chi connectivity index (χ1n) is 6.02. The van der Waals surface area contributed by atoms with Gasteiger partial charge < -0.3 is 9.84 Å². The van der Waals surface area contributed by atoms with Crippen LogP contribution in [0.2, 0.25) is 10.0 Å². The first kappa shape index (κ1) is 15.1. The molecule has 0 saturated heterocycles. The molecule has 0 radical (unpaired) electrons. The number of benzene rings is 2. The zero-order chi connectivity index (χ0) is 14.7. The second kappa shape index (κ2) is 6.44. The number of aliphatic hydroxyl groups excluding tert-OH is 1. The van der Waals surface area contributed by atoms with Gasteiger partial charge in [0.15, 0.2) is 0 Å². The summed E-state index contributed by atoms with van der Waals surface area (Å²) in [7, 11) is 0. The minimum Gasteiger partial charge on any atom is -0.489 e. The second-order valence-electron chi connectivity index (χ2n) is 4.35. The SMILES string of the molecule is CC(O)c1ccc(OCc2c(Cl)cccc2Cl)cc1F. The van der Waals surface area contributed by atoms with Crippen molar-refractivity contribution in [3.63, 3.8) is 0 Å². The van der Waals surface area contributed by atoms with Crippen LogP contribution in [0.1, 0.15) is 24.2 Å². The average molecular weight is 315 g/mol. The summed E-state index contributed by atoms with van der Waals surface area (Å²) in [6.07, 6.45) is -0.859. The number of hydrogen-bond acceptors (Lipinski definition) is 2. The maximum absolute atomic E-state index is 13.7. The van der Waals surface area contributed by atoms with E-state index in [1.54, 1.807) is 24.3 Å². The molecule has 0 aliphatic carbocycles. The monoisotopic (exact) mass is 314 g/mol. The molecule has 0 saturated carbocycles. The molecule has 0 heterocycles. The molecule has 1 N–H and O–H groups in total. The number of halogens is 3. The van der Waals surface area contributed by atoms with Gasteiger partial charge in [-0.3, -0.25) is 0 Å². The van der Waals surface area contributed by atoms with E-state index in [0.717, 1.165) is 0 Å². The molecule has 2 aromatic rings. The normalized spacial score (nSPS) is 12.2. The zero-order valence-corrected chi connectivity index (χ0v) is 12.2. The number of ether oxygens (including phenoxy) is 1. The molecule has 1 atom stereocenters. The van der Waals surface area contributed by atoms with Crippen molar-refractivity contribution < 1.29 is 14.2 Å². The lowest BCUT2D eigenvalue weighted by Crippen LogP contribution is -2.00. The van der Waals surface area contributed by atoms with Gasteiger partial charge in [-0.05, 0) is 31.2 Å². The van der Waals surface area contributed by atoms with E-state index in [9.17, 15) is 9.50 Å². The fraction of sp³-hybridized carbons (Fsp3) is 0.200. The van der Waals surface area contributed by atoms with E-state index in [4.69, 9.17) is 27.9 Å². The third-order valence-corrected chi connectivity index (χ3v) is 3.58. The highest BCUT2D eigenvalue weighted by Gasteiger charge is 2.10. The lowest BCUT2D eigenvalue weighted by molar-refractivity contribution is 0.194. The Morgan fingerprint density at radius 3 is 2.40 bits per heavy atom. The third-order valence-electron chi connectivity index (χ3n) is 2.87. The molecule has 0 aromatic heterocycles. The summed E-state index contributed by atoms with van der Waals surface area (Å²) >= 11 is 12.0. The highest BCUT2D eigenvalue weighted by Crippen LogP contribution is 2.27. The van der Waals surface area contributed by atoms with Crippen molar-refractivity contribution >= 4 is 23.2 Å². The maximum Gasteiger partial charge on any atom is 0.132 e. The minimum absolute atomic E-state index is 0.145. The summed E-state index contributed by atoms with van der Waals surface area (Å²) < 4.78 is 19.2. The van der Waals surface area contributed by atoms with Crippen molar-refractivity contribution in [2.75, 3.05) is 0 Å². The first-order chi connectivity index (χ1) is 9.49. The van der Waals surface area contributed by atoms with E-state index >= 15 is 0 Å². The van der Waals surface area contributed by atoms with Crippen molar-refractivity contribution in [3.05, 3.63) is 63.4 Å². The van der Waals surface area contributed by atoms with Crippen molar-refractivity contribution in [3.8, 4) is 5.75 Å². The first-order valence-corrected chi connectivity index (χ1v) is 6.78. The Kier molecular flexibility index (Phi) is 4.86.